The maximum Gasteiger partial charge on any atom is 0.218 e. The first-order valence-corrected chi connectivity index (χ1v) is 11.8. The summed E-state index contributed by atoms with van der Waals surface area (Å²) in [5, 5.41) is 3.19. The number of aryl methyl sites for hydroxylation is 2. The molecule has 3 heterocycles. The molecule has 1 aliphatic rings. The number of pyridine rings is 1. The smallest absolute Gasteiger partial charge is 0.218 e. The second-order valence-electron chi connectivity index (χ2n) is 7.63. The van der Waals surface area contributed by atoms with Crippen LogP contribution in [0.2, 0.25) is 0 Å². The quantitative estimate of drug-likeness (QED) is 0.633. The van der Waals surface area contributed by atoms with Crippen molar-refractivity contribution in [1.82, 2.24) is 19.3 Å². The summed E-state index contributed by atoms with van der Waals surface area (Å²) < 4.78 is 27.3. The van der Waals surface area contributed by atoms with Crippen LogP contribution in [0.1, 0.15) is 17.0 Å². The van der Waals surface area contributed by atoms with E-state index in [1.54, 1.807) is 10.5 Å². The Morgan fingerprint density at radius 2 is 1.68 bits per heavy atom. The lowest BCUT2D eigenvalue weighted by molar-refractivity contribution is 0.383. The van der Waals surface area contributed by atoms with Gasteiger partial charge >= 0.3 is 0 Å². The summed E-state index contributed by atoms with van der Waals surface area (Å²) in [6.45, 7) is 5.85. The predicted octanol–water partition coefficient (Wildman–Crippen LogP) is 2.88. The zero-order valence-electron chi connectivity index (χ0n) is 17.7. The third-order valence-electron chi connectivity index (χ3n) is 5.17. The molecule has 0 unspecified atom stereocenters. The van der Waals surface area contributed by atoms with E-state index in [-0.39, 0.29) is 5.75 Å². The molecule has 0 atom stereocenters. The topological polar surface area (TPSA) is 91.3 Å². The fraction of sp³-hybridized carbons (Fsp3) is 0.318. The number of piperazine rings is 1. The highest BCUT2D eigenvalue weighted by Gasteiger charge is 2.28. The second-order valence-corrected chi connectivity index (χ2v) is 9.60. The fourth-order valence-electron chi connectivity index (χ4n) is 3.53. The molecule has 0 amide bonds. The Hall–Kier alpha value is -3.04. The van der Waals surface area contributed by atoms with Gasteiger partial charge in [0.15, 0.2) is 0 Å². The van der Waals surface area contributed by atoms with Gasteiger partial charge in [0.2, 0.25) is 10.0 Å². The van der Waals surface area contributed by atoms with Crippen LogP contribution in [0.4, 0.5) is 17.5 Å². The summed E-state index contributed by atoms with van der Waals surface area (Å²) in [7, 11) is -3.36. The molecule has 8 nitrogen and oxygen atoms in total. The molecule has 0 aliphatic carbocycles. The molecule has 3 aromatic rings. The van der Waals surface area contributed by atoms with Crippen molar-refractivity contribution >= 4 is 27.5 Å². The van der Waals surface area contributed by atoms with Gasteiger partial charge in [-0.2, -0.15) is 4.31 Å². The monoisotopic (exact) mass is 438 g/mol. The van der Waals surface area contributed by atoms with Crippen molar-refractivity contribution in [3.63, 3.8) is 0 Å². The third kappa shape index (κ3) is 5.36. The molecule has 31 heavy (non-hydrogen) atoms. The van der Waals surface area contributed by atoms with Crippen molar-refractivity contribution in [3.8, 4) is 0 Å². The van der Waals surface area contributed by atoms with Gasteiger partial charge in [-0.25, -0.2) is 23.4 Å². The van der Waals surface area contributed by atoms with Gasteiger partial charge in [0.1, 0.15) is 23.3 Å². The van der Waals surface area contributed by atoms with E-state index in [0.29, 0.717) is 43.6 Å². The van der Waals surface area contributed by atoms with Gasteiger partial charge in [0.25, 0.3) is 0 Å². The molecule has 1 fully saturated rings. The van der Waals surface area contributed by atoms with Gasteiger partial charge in [0.05, 0.1) is 5.75 Å². The number of hydrogen-bond donors (Lipinski definition) is 1. The molecule has 0 saturated carbocycles. The highest BCUT2D eigenvalue weighted by molar-refractivity contribution is 7.88. The zero-order valence-corrected chi connectivity index (χ0v) is 18.5. The SMILES string of the molecule is Cc1ccc(CS(=O)(=O)N2CCN(c3cc(Nc4ccccn4)nc(C)n3)CC2)cc1. The normalized spacial score (nSPS) is 15.1. The summed E-state index contributed by atoms with van der Waals surface area (Å²) in [4.78, 5) is 15.3. The highest BCUT2D eigenvalue weighted by atomic mass is 32.2. The van der Waals surface area contributed by atoms with Crippen molar-refractivity contribution in [2.45, 2.75) is 19.6 Å². The number of rotatable bonds is 6. The van der Waals surface area contributed by atoms with Crippen LogP contribution < -0.4 is 10.2 Å². The molecule has 4 rings (SSSR count). The molecule has 0 radical (unpaired) electrons. The van der Waals surface area contributed by atoms with Crippen molar-refractivity contribution in [1.29, 1.82) is 0 Å². The molecule has 1 saturated heterocycles. The number of hydrogen-bond acceptors (Lipinski definition) is 7. The number of anilines is 3. The lowest BCUT2D eigenvalue weighted by Crippen LogP contribution is -2.49. The summed E-state index contributed by atoms with van der Waals surface area (Å²) in [6.07, 6.45) is 1.72. The van der Waals surface area contributed by atoms with Crippen LogP contribution in [0.3, 0.4) is 0 Å². The molecule has 1 N–H and O–H groups in total. The summed E-state index contributed by atoms with van der Waals surface area (Å²) in [5.74, 6) is 2.82. The van der Waals surface area contributed by atoms with Crippen LogP contribution in [0.25, 0.3) is 0 Å². The highest BCUT2D eigenvalue weighted by Crippen LogP contribution is 2.21. The summed E-state index contributed by atoms with van der Waals surface area (Å²) in [6, 6.07) is 15.1. The van der Waals surface area contributed by atoms with Crippen molar-refractivity contribution < 1.29 is 8.42 Å². The average molecular weight is 439 g/mol. The Morgan fingerprint density at radius 1 is 0.935 bits per heavy atom. The zero-order chi connectivity index (χ0) is 21.8. The van der Waals surface area contributed by atoms with Crippen LogP contribution in [0.5, 0.6) is 0 Å². The first kappa shape index (κ1) is 21.2. The van der Waals surface area contributed by atoms with Crippen LogP contribution in [-0.4, -0.2) is 53.9 Å². The predicted molar refractivity (Wildman–Crippen MR) is 122 cm³/mol. The van der Waals surface area contributed by atoms with E-state index < -0.39 is 10.0 Å². The number of benzene rings is 1. The molecule has 1 aromatic carbocycles. The van der Waals surface area contributed by atoms with E-state index in [9.17, 15) is 8.42 Å². The Kier molecular flexibility index (Phi) is 6.15. The average Bonchev–Trinajstić information content (AvgIpc) is 2.76. The van der Waals surface area contributed by atoms with Crippen molar-refractivity contribution in [3.05, 3.63) is 71.7 Å². The molecular weight excluding hydrogens is 412 g/mol. The number of aromatic nitrogens is 3. The Bertz CT molecular complexity index is 1130. The maximum absolute atomic E-state index is 12.9. The first-order chi connectivity index (χ1) is 14.9. The lowest BCUT2D eigenvalue weighted by atomic mass is 10.2. The molecule has 2 aromatic heterocycles. The second kappa shape index (κ2) is 8.99. The lowest BCUT2D eigenvalue weighted by Gasteiger charge is -2.34. The first-order valence-electron chi connectivity index (χ1n) is 10.2. The van der Waals surface area contributed by atoms with Crippen molar-refractivity contribution in [2.24, 2.45) is 0 Å². The molecule has 0 bridgehead atoms. The maximum atomic E-state index is 12.9. The molecule has 162 valence electrons. The van der Waals surface area contributed by atoms with Gasteiger partial charge in [-0.15, -0.1) is 0 Å². The van der Waals surface area contributed by atoms with Crippen molar-refractivity contribution in [2.75, 3.05) is 36.4 Å². The van der Waals surface area contributed by atoms with E-state index in [1.165, 1.54) is 0 Å². The Balaban J connectivity index is 1.42. The standard InChI is InChI=1S/C22H26N6O2S/c1-17-6-8-19(9-7-17)16-31(29,30)28-13-11-27(12-14-28)22-15-21(24-18(2)25-22)26-20-5-3-4-10-23-20/h3-10,15H,11-14,16H2,1-2H3,(H,23,24,25,26). The third-order valence-corrected chi connectivity index (χ3v) is 7.02. The van der Waals surface area contributed by atoms with Gasteiger partial charge in [-0.1, -0.05) is 35.9 Å². The number of nitrogens with one attached hydrogen (secondary N) is 1. The van der Waals surface area contributed by atoms with Gasteiger partial charge in [-0.05, 0) is 31.5 Å². The molecular formula is C22H26N6O2S. The van der Waals surface area contributed by atoms with Gasteiger partial charge in [-0.3, -0.25) is 0 Å². The van der Waals surface area contributed by atoms with Crippen LogP contribution in [0, 0.1) is 13.8 Å². The van der Waals surface area contributed by atoms with E-state index >= 15 is 0 Å². The molecule has 9 heteroatoms. The fourth-order valence-corrected chi connectivity index (χ4v) is 5.04. The van der Waals surface area contributed by atoms with Gasteiger partial charge in [0, 0.05) is 38.4 Å². The summed E-state index contributed by atoms with van der Waals surface area (Å²) >= 11 is 0. The Labute approximate surface area is 183 Å². The minimum Gasteiger partial charge on any atom is -0.354 e. The van der Waals surface area contributed by atoms with E-state index in [2.05, 4.69) is 25.2 Å². The molecule has 0 spiro atoms. The molecule has 1 aliphatic heterocycles. The minimum absolute atomic E-state index is 0.0258. The number of nitrogens with zero attached hydrogens (tertiary/aromatic N) is 5. The Morgan fingerprint density at radius 3 is 2.35 bits per heavy atom. The summed E-state index contributed by atoms with van der Waals surface area (Å²) in [5.41, 5.74) is 1.93. The minimum atomic E-state index is -3.36. The number of sulfonamides is 1. The van der Waals surface area contributed by atoms with E-state index in [0.717, 1.165) is 16.9 Å². The van der Waals surface area contributed by atoms with Crippen LogP contribution in [-0.2, 0) is 15.8 Å². The largest absolute Gasteiger partial charge is 0.354 e. The van der Waals surface area contributed by atoms with Crippen LogP contribution >= 0.6 is 0 Å². The van der Waals surface area contributed by atoms with E-state index in [4.69, 9.17) is 0 Å². The van der Waals surface area contributed by atoms with Crippen LogP contribution in [0.15, 0.2) is 54.7 Å². The van der Waals surface area contributed by atoms with E-state index in [1.807, 2.05) is 62.4 Å². The van der Waals surface area contributed by atoms with Gasteiger partial charge < -0.3 is 10.2 Å².